The van der Waals surface area contributed by atoms with Crippen molar-refractivity contribution in [2.45, 2.75) is 49.9 Å². The standard InChI is InChI=1S/C17H28N4O8S/c1-30-6-4-10(15(26)21-12(8-22)17(28)29)19-16(27)11(7-13(23)24)20-14(25)9-3-2-5-18-9/h9-12,18,22H,2-8H2,1H3,(H,19,27)(H,20,25)(H,21,26)(H,23,24)(H,28,29). The fourth-order valence-electron chi connectivity index (χ4n) is 2.80. The number of thioether (sulfide) groups is 1. The Morgan fingerprint density at radius 1 is 1.03 bits per heavy atom. The zero-order valence-corrected chi connectivity index (χ0v) is 17.4. The number of carbonyl (C=O) groups excluding carboxylic acids is 3. The molecule has 0 saturated carbocycles. The van der Waals surface area contributed by atoms with Gasteiger partial charge in [-0.25, -0.2) is 4.79 Å². The average Bonchev–Trinajstić information content (AvgIpc) is 3.22. The number of aliphatic carboxylic acids is 2. The predicted octanol–water partition coefficient (Wildman–Crippen LogP) is -2.50. The Morgan fingerprint density at radius 3 is 2.17 bits per heavy atom. The summed E-state index contributed by atoms with van der Waals surface area (Å²) in [5.41, 5.74) is 0. The normalized spacial score (nSPS) is 18.7. The molecule has 1 aliphatic rings. The number of rotatable bonds is 13. The van der Waals surface area contributed by atoms with Gasteiger partial charge in [0.2, 0.25) is 17.7 Å². The van der Waals surface area contributed by atoms with Gasteiger partial charge in [0.25, 0.3) is 0 Å². The second-order valence-electron chi connectivity index (χ2n) is 6.73. The van der Waals surface area contributed by atoms with Gasteiger partial charge in [0.1, 0.15) is 18.1 Å². The van der Waals surface area contributed by atoms with Gasteiger partial charge in [-0.15, -0.1) is 0 Å². The van der Waals surface area contributed by atoms with Crippen LogP contribution in [0.2, 0.25) is 0 Å². The SMILES string of the molecule is CSCCC(NC(=O)C(CC(=O)O)NC(=O)C1CCCN1)C(=O)NC(CO)C(=O)O. The van der Waals surface area contributed by atoms with Crippen molar-refractivity contribution in [3.8, 4) is 0 Å². The van der Waals surface area contributed by atoms with Gasteiger partial charge in [-0.05, 0) is 37.8 Å². The Kier molecular flexibility index (Phi) is 11.1. The first-order chi connectivity index (χ1) is 14.2. The van der Waals surface area contributed by atoms with Gasteiger partial charge < -0.3 is 36.6 Å². The van der Waals surface area contributed by atoms with Crippen molar-refractivity contribution < 1.29 is 39.3 Å². The Hall–Kier alpha value is -2.38. The summed E-state index contributed by atoms with van der Waals surface area (Å²) < 4.78 is 0. The molecule has 1 saturated heterocycles. The number of carboxylic acids is 2. The lowest BCUT2D eigenvalue weighted by Crippen LogP contribution is -2.57. The van der Waals surface area contributed by atoms with E-state index in [1.807, 2.05) is 0 Å². The van der Waals surface area contributed by atoms with Crippen molar-refractivity contribution in [3.63, 3.8) is 0 Å². The largest absolute Gasteiger partial charge is 0.481 e. The number of amides is 3. The topological polar surface area (TPSA) is 194 Å². The molecule has 0 spiro atoms. The van der Waals surface area contributed by atoms with E-state index in [0.717, 1.165) is 6.42 Å². The average molecular weight is 448 g/mol. The zero-order valence-electron chi connectivity index (χ0n) is 16.6. The van der Waals surface area contributed by atoms with Crippen LogP contribution in [-0.4, -0.2) is 94.3 Å². The maximum Gasteiger partial charge on any atom is 0.328 e. The number of aliphatic hydroxyl groups is 1. The minimum Gasteiger partial charge on any atom is -0.481 e. The first-order valence-electron chi connectivity index (χ1n) is 9.38. The molecule has 170 valence electrons. The number of carboxylic acid groups (broad SMARTS) is 2. The van der Waals surface area contributed by atoms with E-state index in [1.54, 1.807) is 6.26 Å². The number of nitrogens with one attached hydrogen (secondary N) is 4. The highest BCUT2D eigenvalue weighted by Crippen LogP contribution is 2.07. The summed E-state index contributed by atoms with van der Waals surface area (Å²) in [7, 11) is 0. The van der Waals surface area contributed by atoms with Crippen molar-refractivity contribution in [1.82, 2.24) is 21.3 Å². The molecule has 13 heteroatoms. The molecule has 7 N–H and O–H groups in total. The molecule has 0 aromatic rings. The summed E-state index contributed by atoms with van der Waals surface area (Å²) in [4.78, 5) is 59.5. The van der Waals surface area contributed by atoms with Crippen LogP contribution in [0.5, 0.6) is 0 Å². The summed E-state index contributed by atoms with van der Waals surface area (Å²) in [5, 5.41) is 37.0. The second kappa shape index (κ2) is 13.0. The number of hydrogen-bond acceptors (Lipinski definition) is 8. The van der Waals surface area contributed by atoms with Crippen molar-refractivity contribution in [2.24, 2.45) is 0 Å². The summed E-state index contributed by atoms with van der Waals surface area (Å²) in [6.07, 6.45) is 2.56. The summed E-state index contributed by atoms with van der Waals surface area (Å²) >= 11 is 1.38. The van der Waals surface area contributed by atoms with Crippen LogP contribution in [0.25, 0.3) is 0 Å². The summed E-state index contributed by atoms with van der Waals surface area (Å²) in [5.74, 6) is -4.54. The van der Waals surface area contributed by atoms with Gasteiger partial charge in [0.05, 0.1) is 19.1 Å². The third kappa shape index (κ3) is 8.55. The molecule has 4 unspecified atom stereocenters. The zero-order chi connectivity index (χ0) is 22.7. The highest BCUT2D eigenvalue weighted by Gasteiger charge is 2.32. The maximum atomic E-state index is 12.6. The first kappa shape index (κ1) is 25.7. The van der Waals surface area contributed by atoms with E-state index in [0.29, 0.717) is 18.7 Å². The van der Waals surface area contributed by atoms with Crippen molar-refractivity contribution in [2.75, 3.05) is 25.2 Å². The van der Waals surface area contributed by atoms with Crippen LogP contribution >= 0.6 is 11.8 Å². The Balaban J connectivity index is 2.86. The van der Waals surface area contributed by atoms with E-state index in [-0.39, 0.29) is 6.42 Å². The number of hydrogen-bond donors (Lipinski definition) is 7. The van der Waals surface area contributed by atoms with Gasteiger partial charge >= 0.3 is 11.9 Å². The Bertz CT molecular complexity index is 641. The maximum absolute atomic E-state index is 12.6. The number of aliphatic hydroxyl groups excluding tert-OH is 1. The van der Waals surface area contributed by atoms with E-state index in [2.05, 4.69) is 21.3 Å². The molecule has 4 atom stereocenters. The smallest absolute Gasteiger partial charge is 0.328 e. The predicted molar refractivity (Wildman–Crippen MR) is 107 cm³/mol. The van der Waals surface area contributed by atoms with Crippen LogP contribution in [-0.2, 0) is 24.0 Å². The van der Waals surface area contributed by atoms with Crippen LogP contribution in [0.15, 0.2) is 0 Å². The van der Waals surface area contributed by atoms with E-state index < -0.39 is 66.9 Å². The molecule has 12 nitrogen and oxygen atoms in total. The molecule has 1 heterocycles. The second-order valence-corrected chi connectivity index (χ2v) is 7.72. The van der Waals surface area contributed by atoms with Crippen LogP contribution in [0.3, 0.4) is 0 Å². The van der Waals surface area contributed by atoms with Crippen LogP contribution in [0.4, 0.5) is 0 Å². The molecule has 1 rings (SSSR count). The molecule has 0 aliphatic carbocycles. The fourth-order valence-corrected chi connectivity index (χ4v) is 3.27. The van der Waals surface area contributed by atoms with Crippen molar-refractivity contribution in [3.05, 3.63) is 0 Å². The van der Waals surface area contributed by atoms with Gasteiger partial charge in [-0.2, -0.15) is 11.8 Å². The molecule has 1 fully saturated rings. The minimum absolute atomic E-state index is 0.133. The molecule has 3 amide bonds. The lowest BCUT2D eigenvalue weighted by molar-refractivity contribution is -0.144. The van der Waals surface area contributed by atoms with E-state index in [4.69, 9.17) is 15.3 Å². The molecular formula is C17H28N4O8S. The summed E-state index contributed by atoms with van der Waals surface area (Å²) in [6, 6.07) is -4.65. The minimum atomic E-state index is -1.55. The molecule has 0 bridgehead atoms. The van der Waals surface area contributed by atoms with Crippen LogP contribution in [0, 0.1) is 0 Å². The molecular weight excluding hydrogens is 420 g/mol. The highest BCUT2D eigenvalue weighted by molar-refractivity contribution is 7.98. The molecule has 30 heavy (non-hydrogen) atoms. The third-order valence-electron chi connectivity index (χ3n) is 4.43. The highest BCUT2D eigenvalue weighted by atomic mass is 32.2. The van der Waals surface area contributed by atoms with E-state index >= 15 is 0 Å². The lowest BCUT2D eigenvalue weighted by Gasteiger charge is -2.24. The lowest BCUT2D eigenvalue weighted by atomic mass is 10.1. The summed E-state index contributed by atoms with van der Waals surface area (Å²) in [6.45, 7) is -0.198. The van der Waals surface area contributed by atoms with Gasteiger partial charge in [0.15, 0.2) is 0 Å². The molecule has 0 aromatic carbocycles. The Morgan fingerprint density at radius 2 is 1.67 bits per heavy atom. The third-order valence-corrected chi connectivity index (χ3v) is 5.07. The van der Waals surface area contributed by atoms with Gasteiger partial charge in [-0.3, -0.25) is 19.2 Å². The Labute approximate surface area is 177 Å². The van der Waals surface area contributed by atoms with Crippen molar-refractivity contribution >= 4 is 41.4 Å². The van der Waals surface area contributed by atoms with Crippen LogP contribution < -0.4 is 21.3 Å². The quantitative estimate of drug-likeness (QED) is 0.158. The molecule has 1 aliphatic heterocycles. The molecule has 0 radical (unpaired) electrons. The fraction of sp³-hybridized carbons (Fsp3) is 0.706. The van der Waals surface area contributed by atoms with Crippen LogP contribution in [0.1, 0.15) is 25.7 Å². The first-order valence-corrected chi connectivity index (χ1v) is 10.8. The monoisotopic (exact) mass is 448 g/mol. The van der Waals surface area contributed by atoms with Gasteiger partial charge in [-0.1, -0.05) is 0 Å². The van der Waals surface area contributed by atoms with Crippen molar-refractivity contribution in [1.29, 1.82) is 0 Å². The van der Waals surface area contributed by atoms with Gasteiger partial charge in [0, 0.05) is 0 Å². The molecule has 0 aromatic heterocycles. The number of carbonyl (C=O) groups is 5. The van der Waals surface area contributed by atoms with E-state index in [9.17, 15) is 24.0 Å². The van der Waals surface area contributed by atoms with E-state index in [1.165, 1.54) is 11.8 Å².